The fourth-order valence-corrected chi connectivity index (χ4v) is 6.72. The second kappa shape index (κ2) is 8.64. The summed E-state index contributed by atoms with van der Waals surface area (Å²) >= 11 is 0. The first-order valence-electron chi connectivity index (χ1n) is 11.5. The van der Waals surface area contributed by atoms with E-state index >= 15 is 0 Å². The topological polar surface area (TPSA) is 90.5 Å². The van der Waals surface area contributed by atoms with E-state index in [4.69, 9.17) is 4.74 Å². The SMILES string of the molecule is O=C(CN1C(=O)[C@@H]2CCCCN2c2ccc(S(=O)(=O)N3CCCC3)cc21)N1CCOCC1. The number of morpholine rings is 1. The zero-order valence-electron chi connectivity index (χ0n) is 18.2. The van der Waals surface area contributed by atoms with Crippen LogP contribution in [0, 0.1) is 0 Å². The minimum Gasteiger partial charge on any atom is -0.378 e. The Kier molecular flexibility index (Phi) is 5.85. The lowest BCUT2D eigenvalue weighted by Crippen LogP contribution is -2.57. The molecule has 0 aliphatic carbocycles. The maximum Gasteiger partial charge on any atom is 0.250 e. The highest BCUT2D eigenvalue weighted by molar-refractivity contribution is 7.89. The van der Waals surface area contributed by atoms with Crippen molar-refractivity contribution < 1.29 is 22.7 Å². The first kappa shape index (κ1) is 21.7. The number of benzene rings is 1. The second-order valence-electron chi connectivity index (χ2n) is 8.88. The van der Waals surface area contributed by atoms with E-state index in [9.17, 15) is 18.0 Å². The summed E-state index contributed by atoms with van der Waals surface area (Å²) in [4.78, 5) is 32.0. The van der Waals surface area contributed by atoms with E-state index < -0.39 is 10.0 Å². The van der Waals surface area contributed by atoms with Gasteiger partial charge in [-0.3, -0.25) is 14.5 Å². The van der Waals surface area contributed by atoms with Crippen molar-refractivity contribution in [3.05, 3.63) is 18.2 Å². The molecule has 174 valence electrons. The molecule has 10 heteroatoms. The molecule has 1 atom stereocenters. The van der Waals surface area contributed by atoms with Gasteiger partial charge in [-0.1, -0.05) is 0 Å². The lowest BCUT2D eigenvalue weighted by atomic mass is 9.96. The molecule has 5 rings (SSSR count). The monoisotopic (exact) mass is 462 g/mol. The molecule has 0 bridgehead atoms. The third-order valence-electron chi connectivity index (χ3n) is 6.96. The molecule has 0 aromatic heterocycles. The Morgan fingerprint density at radius 3 is 2.44 bits per heavy atom. The van der Waals surface area contributed by atoms with Crippen LogP contribution in [0.15, 0.2) is 23.1 Å². The fraction of sp³-hybridized carbons (Fsp3) is 0.636. The Morgan fingerprint density at radius 1 is 0.969 bits per heavy atom. The van der Waals surface area contributed by atoms with Crippen molar-refractivity contribution >= 4 is 33.2 Å². The van der Waals surface area contributed by atoms with Gasteiger partial charge in [0.2, 0.25) is 21.8 Å². The van der Waals surface area contributed by atoms with Gasteiger partial charge in [-0.2, -0.15) is 4.31 Å². The van der Waals surface area contributed by atoms with Gasteiger partial charge in [-0.05, 0) is 50.3 Å². The van der Waals surface area contributed by atoms with Crippen molar-refractivity contribution in [2.75, 3.05) is 62.3 Å². The summed E-state index contributed by atoms with van der Waals surface area (Å²) in [6.07, 6.45) is 4.42. The summed E-state index contributed by atoms with van der Waals surface area (Å²) in [6, 6.07) is 4.76. The number of sulfonamides is 1. The molecule has 1 aromatic carbocycles. The summed E-state index contributed by atoms with van der Waals surface area (Å²) < 4.78 is 33.2. The number of hydrogen-bond donors (Lipinski definition) is 0. The maximum absolute atomic E-state index is 13.5. The summed E-state index contributed by atoms with van der Waals surface area (Å²) in [5.74, 6) is -0.251. The number of hydrogen-bond acceptors (Lipinski definition) is 6. The Labute approximate surface area is 188 Å². The summed E-state index contributed by atoms with van der Waals surface area (Å²) in [7, 11) is -3.63. The number of ether oxygens (including phenoxy) is 1. The van der Waals surface area contributed by atoms with E-state index in [-0.39, 0.29) is 29.3 Å². The summed E-state index contributed by atoms with van der Waals surface area (Å²) in [5.41, 5.74) is 1.36. The van der Waals surface area contributed by atoms with Gasteiger partial charge >= 0.3 is 0 Å². The quantitative estimate of drug-likeness (QED) is 0.664. The van der Waals surface area contributed by atoms with Crippen molar-refractivity contribution in [2.24, 2.45) is 0 Å². The molecule has 0 unspecified atom stereocenters. The number of nitrogens with zero attached hydrogens (tertiary/aromatic N) is 4. The van der Waals surface area contributed by atoms with Crippen molar-refractivity contribution in [1.29, 1.82) is 0 Å². The molecule has 0 spiro atoms. The van der Waals surface area contributed by atoms with Gasteiger partial charge in [0, 0.05) is 32.7 Å². The summed E-state index contributed by atoms with van der Waals surface area (Å²) in [5, 5.41) is 0. The van der Waals surface area contributed by atoms with E-state index in [1.807, 2.05) is 6.07 Å². The van der Waals surface area contributed by atoms with Gasteiger partial charge in [-0.25, -0.2) is 8.42 Å². The predicted octanol–water partition coefficient (Wildman–Crippen LogP) is 1.04. The minimum atomic E-state index is -3.63. The molecule has 4 heterocycles. The lowest BCUT2D eigenvalue weighted by molar-refractivity contribution is -0.135. The third kappa shape index (κ3) is 3.78. The smallest absolute Gasteiger partial charge is 0.250 e. The third-order valence-corrected chi connectivity index (χ3v) is 8.86. The lowest BCUT2D eigenvalue weighted by Gasteiger charge is -2.45. The minimum absolute atomic E-state index is 0.0800. The first-order valence-corrected chi connectivity index (χ1v) is 13.0. The van der Waals surface area contributed by atoms with E-state index in [2.05, 4.69) is 4.90 Å². The largest absolute Gasteiger partial charge is 0.378 e. The molecular formula is C22H30N4O5S. The molecule has 32 heavy (non-hydrogen) atoms. The van der Waals surface area contributed by atoms with Crippen LogP contribution in [0.2, 0.25) is 0 Å². The van der Waals surface area contributed by atoms with Crippen LogP contribution in [0.5, 0.6) is 0 Å². The zero-order valence-corrected chi connectivity index (χ0v) is 19.1. The molecule has 0 radical (unpaired) electrons. The van der Waals surface area contributed by atoms with Crippen LogP contribution in [0.25, 0.3) is 0 Å². The van der Waals surface area contributed by atoms with Crippen molar-refractivity contribution in [3.8, 4) is 0 Å². The van der Waals surface area contributed by atoms with E-state index in [1.54, 1.807) is 17.0 Å². The van der Waals surface area contributed by atoms with Crippen LogP contribution in [0.4, 0.5) is 11.4 Å². The fourth-order valence-electron chi connectivity index (χ4n) is 5.19. The molecular weight excluding hydrogens is 432 g/mol. The number of piperidine rings is 1. The number of carbonyl (C=O) groups excluding carboxylic acids is 2. The number of rotatable bonds is 4. The maximum atomic E-state index is 13.5. The first-order chi connectivity index (χ1) is 15.5. The standard InChI is InChI=1S/C22H30N4O5S/c27-21(23-11-13-31-14-12-23)16-26-20-15-17(32(29,30)24-8-3-4-9-24)6-7-18(20)25-10-2-1-5-19(25)22(26)28/h6-7,15,19H,1-5,8-14,16H2/t19-/m0/s1. The van der Waals surface area contributed by atoms with Crippen molar-refractivity contribution in [2.45, 2.75) is 43.0 Å². The number of fused-ring (bicyclic) bond motifs is 3. The van der Waals surface area contributed by atoms with E-state index in [0.717, 1.165) is 44.3 Å². The second-order valence-corrected chi connectivity index (χ2v) is 10.8. The molecule has 2 amide bonds. The van der Waals surface area contributed by atoms with Crippen LogP contribution in [-0.4, -0.2) is 88.0 Å². The molecule has 3 saturated heterocycles. The normalized spacial score (nSPS) is 24.4. The number of anilines is 2. The van der Waals surface area contributed by atoms with Crippen molar-refractivity contribution in [3.63, 3.8) is 0 Å². The van der Waals surface area contributed by atoms with Crippen LogP contribution >= 0.6 is 0 Å². The van der Waals surface area contributed by atoms with E-state index in [0.29, 0.717) is 45.1 Å². The molecule has 1 aromatic rings. The van der Waals surface area contributed by atoms with Gasteiger partial charge in [0.25, 0.3) is 0 Å². The Bertz CT molecular complexity index is 1000. The highest BCUT2D eigenvalue weighted by Gasteiger charge is 2.41. The molecule has 3 fully saturated rings. The summed E-state index contributed by atoms with van der Waals surface area (Å²) in [6.45, 7) is 3.71. The van der Waals surface area contributed by atoms with Gasteiger partial charge in [0.15, 0.2) is 0 Å². The van der Waals surface area contributed by atoms with Crippen LogP contribution < -0.4 is 9.80 Å². The van der Waals surface area contributed by atoms with Crippen LogP contribution in [-0.2, 0) is 24.3 Å². The molecule has 9 nitrogen and oxygen atoms in total. The number of amides is 2. The average molecular weight is 463 g/mol. The average Bonchev–Trinajstić information content (AvgIpc) is 3.38. The highest BCUT2D eigenvalue weighted by atomic mass is 32.2. The van der Waals surface area contributed by atoms with Gasteiger partial charge < -0.3 is 14.5 Å². The Morgan fingerprint density at radius 2 is 1.69 bits per heavy atom. The van der Waals surface area contributed by atoms with Gasteiger partial charge in [0.05, 0.1) is 29.5 Å². The number of carbonyl (C=O) groups is 2. The zero-order chi connectivity index (χ0) is 22.3. The van der Waals surface area contributed by atoms with Crippen molar-refractivity contribution in [1.82, 2.24) is 9.21 Å². The Balaban J connectivity index is 1.51. The predicted molar refractivity (Wildman–Crippen MR) is 119 cm³/mol. The van der Waals surface area contributed by atoms with E-state index in [1.165, 1.54) is 9.21 Å². The molecule has 4 aliphatic heterocycles. The van der Waals surface area contributed by atoms with Crippen LogP contribution in [0.3, 0.4) is 0 Å². The Hall–Kier alpha value is -2.17. The highest BCUT2D eigenvalue weighted by Crippen LogP contribution is 2.41. The van der Waals surface area contributed by atoms with Gasteiger partial charge in [0.1, 0.15) is 12.6 Å². The van der Waals surface area contributed by atoms with Gasteiger partial charge in [-0.15, -0.1) is 0 Å². The van der Waals surface area contributed by atoms with Crippen LogP contribution in [0.1, 0.15) is 32.1 Å². The molecule has 4 aliphatic rings. The molecule has 0 saturated carbocycles. The molecule has 0 N–H and O–H groups in total.